The highest BCUT2D eigenvalue weighted by molar-refractivity contribution is 6.04. The predicted molar refractivity (Wildman–Crippen MR) is 153 cm³/mol. The number of hydrogen-bond donors (Lipinski definition) is 0. The fourth-order valence-corrected chi connectivity index (χ4v) is 3.22. The maximum Gasteiger partial charge on any atom is 0.251 e. The number of carbonyl (C=O) groups excluding carboxylic acids is 2. The van der Waals surface area contributed by atoms with E-state index >= 15 is 0 Å². The van der Waals surface area contributed by atoms with Crippen LogP contribution in [0.1, 0.15) is 71.2 Å². The molecular formula is C30H48N2O6. The summed E-state index contributed by atoms with van der Waals surface area (Å²) in [7, 11) is 4.85. The van der Waals surface area contributed by atoms with Crippen molar-refractivity contribution in [3.8, 4) is 11.5 Å². The van der Waals surface area contributed by atoms with Gasteiger partial charge in [0, 0.05) is 45.1 Å². The molecule has 1 aromatic carbocycles. The summed E-state index contributed by atoms with van der Waals surface area (Å²) in [4.78, 5) is 29.3. The Morgan fingerprint density at radius 1 is 1.11 bits per heavy atom. The van der Waals surface area contributed by atoms with Crippen molar-refractivity contribution in [1.29, 1.82) is 0 Å². The molecule has 0 aromatic heterocycles. The van der Waals surface area contributed by atoms with Gasteiger partial charge in [-0.05, 0) is 58.0 Å². The van der Waals surface area contributed by atoms with E-state index in [-0.39, 0.29) is 18.5 Å². The number of unbranched alkanes of at least 4 members (excludes halogenated alkanes) is 1. The maximum atomic E-state index is 12.9. The molecule has 0 saturated carbocycles. The number of nitrogens with zero attached hydrogens (tertiary/aromatic N) is 2. The van der Waals surface area contributed by atoms with Crippen LogP contribution in [0.25, 0.3) is 0 Å². The summed E-state index contributed by atoms with van der Waals surface area (Å²) in [5.74, 6) is 0.949. The normalized spacial score (nSPS) is 13.7. The third-order valence-corrected chi connectivity index (χ3v) is 5.51. The number of likely N-dealkylation sites (N-methyl/N-ethyl adjacent to an activating group) is 1. The number of methoxy groups -OCH3 is 2. The second kappa shape index (κ2) is 20.9. The largest absolute Gasteiger partial charge is 0.454 e. The van der Waals surface area contributed by atoms with E-state index in [1.165, 1.54) is 4.90 Å². The standard InChI is InChI=1S/C21H26N2O4.C4H8.C3H8O2.C2H6/c1-4-5-10-23-11-6-7-17(13-23)21(25)22(3)15(2)20(24)16-8-9-18-19(12-16)27-14-26-18;1-3-4-2;1-4-3-5-2;1-2/h6,8-9,11-13,15H,4-5,7,10,14H2,1-3H3;3-4H,1-2H3;3H2,1-2H3;1-2H3/b;4-3-;;. The molecule has 2 aliphatic heterocycles. The molecule has 0 bridgehead atoms. The van der Waals surface area contributed by atoms with Crippen LogP contribution in [0.2, 0.25) is 0 Å². The van der Waals surface area contributed by atoms with Crippen molar-refractivity contribution in [1.82, 2.24) is 9.80 Å². The van der Waals surface area contributed by atoms with E-state index in [0.29, 0.717) is 35.8 Å². The fraction of sp³-hybridized carbons (Fsp3) is 0.533. The topological polar surface area (TPSA) is 77.5 Å². The molecule has 2 heterocycles. The van der Waals surface area contributed by atoms with Gasteiger partial charge in [-0.15, -0.1) is 0 Å². The Balaban J connectivity index is 0.00000106. The molecule has 0 radical (unpaired) electrons. The smallest absolute Gasteiger partial charge is 0.251 e. The molecule has 1 aromatic rings. The molecule has 0 saturated heterocycles. The lowest BCUT2D eigenvalue weighted by molar-refractivity contribution is -0.127. The Morgan fingerprint density at radius 3 is 2.29 bits per heavy atom. The summed E-state index contributed by atoms with van der Waals surface area (Å²) in [5, 5.41) is 0. The van der Waals surface area contributed by atoms with Crippen LogP contribution in [0, 0.1) is 0 Å². The van der Waals surface area contributed by atoms with E-state index in [0.717, 1.165) is 19.4 Å². The Bertz CT molecular complexity index is 904. The van der Waals surface area contributed by atoms with Gasteiger partial charge in [0.1, 0.15) is 6.79 Å². The van der Waals surface area contributed by atoms with Gasteiger partial charge in [-0.3, -0.25) is 9.59 Å². The van der Waals surface area contributed by atoms with E-state index in [1.54, 1.807) is 46.4 Å². The number of hydrogen-bond acceptors (Lipinski definition) is 7. The number of benzene rings is 1. The molecule has 38 heavy (non-hydrogen) atoms. The number of allylic oxidation sites excluding steroid dienone is 3. The van der Waals surface area contributed by atoms with Gasteiger partial charge in [0.2, 0.25) is 6.79 Å². The van der Waals surface area contributed by atoms with Gasteiger partial charge in [0.25, 0.3) is 5.91 Å². The Kier molecular flexibility index (Phi) is 19.2. The number of carbonyl (C=O) groups is 2. The second-order valence-electron chi connectivity index (χ2n) is 8.22. The highest BCUT2D eigenvalue weighted by Crippen LogP contribution is 2.33. The van der Waals surface area contributed by atoms with Crippen LogP contribution >= 0.6 is 0 Å². The minimum atomic E-state index is -0.575. The van der Waals surface area contributed by atoms with Crippen molar-refractivity contribution in [3.63, 3.8) is 0 Å². The van der Waals surface area contributed by atoms with Crippen molar-refractivity contribution in [2.75, 3.05) is 41.4 Å². The first-order valence-electron chi connectivity index (χ1n) is 13.2. The lowest BCUT2D eigenvalue weighted by Gasteiger charge is -2.27. The van der Waals surface area contributed by atoms with Crippen molar-refractivity contribution in [3.05, 3.63) is 60.0 Å². The fourth-order valence-electron chi connectivity index (χ4n) is 3.22. The minimum absolute atomic E-state index is 0.123. The van der Waals surface area contributed by atoms with E-state index in [9.17, 15) is 9.59 Å². The van der Waals surface area contributed by atoms with Gasteiger partial charge in [-0.25, -0.2) is 0 Å². The van der Waals surface area contributed by atoms with E-state index in [2.05, 4.69) is 16.4 Å². The molecule has 1 atom stereocenters. The molecule has 3 rings (SSSR count). The summed E-state index contributed by atoms with van der Waals surface area (Å²) in [6.45, 7) is 13.3. The van der Waals surface area contributed by atoms with E-state index < -0.39 is 6.04 Å². The zero-order valence-corrected chi connectivity index (χ0v) is 24.8. The minimum Gasteiger partial charge on any atom is -0.454 e. The zero-order valence-electron chi connectivity index (χ0n) is 24.8. The van der Waals surface area contributed by atoms with Crippen LogP contribution in [0.5, 0.6) is 11.5 Å². The van der Waals surface area contributed by atoms with Gasteiger partial charge in [-0.2, -0.15) is 0 Å². The number of Topliss-reactive ketones (excluding diaryl/α,β-unsaturated/α-hetero) is 1. The van der Waals surface area contributed by atoms with Crippen LogP contribution in [0.4, 0.5) is 0 Å². The summed E-state index contributed by atoms with van der Waals surface area (Å²) >= 11 is 0. The van der Waals surface area contributed by atoms with Gasteiger partial charge in [0.15, 0.2) is 17.3 Å². The van der Waals surface area contributed by atoms with Gasteiger partial charge in [-0.1, -0.05) is 45.4 Å². The summed E-state index contributed by atoms with van der Waals surface area (Å²) in [6, 6.07) is 4.53. The van der Waals surface area contributed by atoms with Crippen molar-refractivity contribution in [2.45, 2.75) is 66.8 Å². The summed E-state index contributed by atoms with van der Waals surface area (Å²) < 4.78 is 19.6. The highest BCUT2D eigenvalue weighted by atomic mass is 16.7. The first-order chi connectivity index (χ1) is 18.3. The molecule has 8 heteroatoms. The predicted octanol–water partition coefficient (Wildman–Crippen LogP) is 6.19. The molecule has 0 spiro atoms. The molecule has 8 nitrogen and oxygen atoms in total. The third-order valence-electron chi connectivity index (χ3n) is 5.51. The number of amides is 1. The number of rotatable bonds is 9. The summed E-state index contributed by atoms with van der Waals surface area (Å²) in [6.07, 6.45) is 12.6. The first kappa shape index (κ1) is 34.9. The number of ether oxygens (including phenoxy) is 4. The lowest BCUT2D eigenvalue weighted by Crippen LogP contribution is -2.41. The van der Waals surface area contributed by atoms with Crippen LogP contribution in [-0.2, 0) is 14.3 Å². The van der Waals surface area contributed by atoms with Crippen molar-refractivity contribution in [2.24, 2.45) is 0 Å². The van der Waals surface area contributed by atoms with Gasteiger partial charge in [0.05, 0.1) is 6.04 Å². The van der Waals surface area contributed by atoms with Crippen LogP contribution in [0.15, 0.2) is 54.4 Å². The van der Waals surface area contributed by atoms with Crippen molar-refractivity contribution >= 4 is 11.7 Å². The third kappa shape index (κ3) is 12.0. The molecular weight excluding hydrogens is 484 g/mol. The SMILES string of the molecule is C/C=C\C.CC.CCCCN1C=CCC(C(=O)N(C)C(C)C(=O)c2ccc3c(c2)OCO3)=C1.COCOC. The maximum absolute atomic E-state index is 12.9. The quantitative estimate of drug-likeness (QED) is 0.213. The number of fused-ring (bicyclic) bond motifs is 1. The molecule has 214 valence electrons. The monoisotopic (exact) mass is 532 g/mol. The van der Waals surface area contributed by atoms with Gasteiger partial charge < -0.3 is 28.7 Å². The Morgan fingerprint density at radius 2 is 1.74 bits per heavy atom. The summed E-state index contributed by atoms with van der Waals surface area (Å²) in [5.41, 5.74) is 1.20. The lowest BCUT2D eigenvalue weighted by atomic mass is 10.0. The average molecular weight is 533 g/mol. The Labute approximate surface area is 229 Å². The zero-order chi connectivity index (χ0) is 28.9. The Hall–Kier alpha value is -3.10. The second-order valence-corrected chi connectivity index (χ2v) is 8.22. The van der Waals surface area contributed by atoms with Crippen LogP contribution in [-0.4, -0.2) is 68.9 Å². The molecule has 2 aliphatic rings. The van der Waals surface area contributed by atoms with Crippen LogP contribution < -0.4 is 9.47 Å². The first-order valence-corrected chi connectivity index (χ1v) is 13.2. The molecule has 0 N–H and O–H groups in total. The highest BCUT2D eigenvalue weighted by Gasteiger charge is 2.27. The molecule has 1 amide bonds. The average Bonchev–Trinajstić information content (AvgIpc) is 3.44. The number of ketones is 1. The van der Waals surface area contributed by atoms with Gasteiger partial charge >= 0.3 is 0 Å². The van der Waals surface area contributed by atoms with Crippen molar-refractivity contribution < 1.29 is 28.5 Å². The molecule has 0 fully saturated rings. The van der Waals surface area contributed by atoms with E-state index in [1.807, 2.05) is 63.2 Å². The molecule has 1 unspecified atom stereocenters. The van der Waals surface area contributed by atoms with Crippen LogP contribution in [0.3, 0.4) is 0 Å². The van der Waals surface area contributed by atoms with E-state index in [4.69, 9.17) is 9.47 Å². The molecule has 0 aliphatic carbocycles.